The summed E-state index contributed by atoms with van der Waals surface area (Å²) in [4.78, 5) is 13.2. The van der Waals surface area contributed by atoms with E-state index in [4.69, 9.17) is 30.5 Å². The van der Waals surface area contributed by atoms with Crippen LogP contribution in [0.4, 0.5) is 5.69 Å². The van der Waals surface area contributed by atoms with Gasteiger partial charge >= 0.3 is 0 Å². The van der Waals surface area contributed by atoms with E-state index in [1.165, 1.54) is 17.3 Å². The summed E-state index contributed by atoms with van der Waals surface area (Å²) in [5.41, 5.74) is 3.58. The number of anilines is 1. The third-order valence-electron chi connectivity index (χ3n) is 5.76. The van der Waals surface area contributed by atoms with Crippen molar-refractivity contribution in [1.29, 1.82) is 0 Å². The molecule has 0 radical (unpaired) electrons. The Morgan fingerprint density at radius 2 is 1.89 bits per heavy atom. The number of rotatable bonds is 8. The minimum absolute atomic E-state index is 0.152. The van der Waals surface area contributed by atoms with E-state index < -0.39 is 0 Å². The van der Waals surface area contributed by atoms with Gasteiger partial charge in [-0.1, -0.05) is 48.5 Å². The molecule has 0 aliphatic carbocycles. The molecule has 3 aromatic carbocycles. The molecule has 1 fully saturated rings. The van der Waals surface area contributed by atoms with Crippen LogP contribution in [0.2, 0.25) is 5.02 Å². The van der Waals surface area contributed by atoms with Gasteiger partial charge in [0, 0.05) is 5.69 Å². The maximum absolute atomic E-state index is 12.6. The van der Waals surface area contributed by atoms with E-state index in [0.717, 1.165) is 23.2 Å². The normalized spacial score (nSPS) is 17.2. The number of hydrogen-bond acceptors (Lipinski definition) is 7. The van der Waals surface area contributed by atoms with E-state index in [0.29, 0.717) is 32.9 Å². The lowest BCUT2D eigenvalue weighted by molar-refractivity contribution is -0.116. The Bertz CT molecular complexity index is 1310. The number of fused-ring (bicyclic) bond motifs is 1. The van der Waals surface area contributed by atoms with Crippen LogP contribution < -0.4 is 29.6 Å². The largest absolute Gasteiger partial charge is 0.493 e. The molecule has 2 heterocycles. The maximum atomic E-state index is 12.6. The molecule has 1 amide bonds. The summed E-state index contributed by atoms with van der Waals surface area (Å²) in [6, 6.07) is 17.4. The van der Waals surface area contributed by atoms with Gasteiger partial charge in [-0.2, -0.15) is 0 Å². The topological polar surface area (TPSA) is 78.1 Å². The van der Waals surface area contributed by atoms with Crippen LogP contribution in [0.15, 0.2) is 59.5 Å². The van der Waals surface area contributed by atoms with Gasteiger partial charge in [0.25, 0.3) is 5.91 Å². The molecule has 0 bridgehead atoms. The van der Waals surface area contributed by atoms with Crippen molar-refractivity contribution in [3.05, 3.63) is 81.2 Å². The SMILES string of the molecule is CCc1ccc(N[C@H]2NC(=O)/C(=C/c3cc(Cl)c(OCc4ccc5c(c4)OCO5)c(OC)c3)S2)cc1. The molecule has 3 aromatic rings. The molecule has 7 nitrogen and oxygen atoms in total. The standard InChI is InChI=1S/C27H25ClN2O5S/c1-3-16-4-7-19(8-5-16)29-27-30-26(31)24(36-27)13-18-10-20(28)25(23(12-18)32-2)33-14-17-6-9-21-22(11-17)35-15-34-21/h4-13,27,29H,3,14-15H2,1-2H3,(H,30,31)/b24-13-/t27-/m0/s1. The Balaban J connectivity index is 1.28. The van der Waals surface area contributed by atoms with E-state index in [-0.39, 0.29) is 24.8 Å². The minimum atomic E-state index is -0.266. The van der Waals surface area contributed by atoms with Crippen LogP contribution in [0.25, 0.3) is 6.08 Å². The van der Waals surface area contributed by atoms with Crippen LogP contribution in [0, 0.1) is 0 Å². The number of halogens is 1. The number of methoxy groups -OCH3 is 1. The summed E-state index contributed by atoms with van der Waals surface area (Å²) in [6.45, 7) is 2.61. The van der Waals surface area contributed by atoms with E-state index >= 15 is 0 Å². The summed E-state index contributed by atoms with van der Waals surface area (Å²) in [5, 5.41) is 6.67. The molecule has 1 saturated heterocycles. The van der Waals surface area contributed by atoms with E-state index in [1.54, 1.807) is 25.3 Å². The highest BCUT2D eigenvalue weighted by Gasteiger charge is 2.27. The molecule has 186 valence electrons. The molecule has 1 atom stereocenters. The second kappa shape index (κ2) is 10.6. The Hall–Kier alpha value is -3.49. The first-order chi connectivity index (χ1) is 17.5. The number of nitrogens with one attached hydrogen (secondary N) is 2. The van der Waals surface area contributed by atoms with Crippen molar-refractivity contribution >= 4 is 41.0 Å². The molecule has 9 heteroatoms. The van der Waals surface area contributed by atoms with E-state index in [9.17, 15) is 4.79 Å². The molecule has 5 rings (SSSR count). The number of aryl methyl sites for hydroxylation is 1. The number of ether oxygens (including phenoxy) is 4. The number of carbonyl (C=O) groups is 1. The van der Waals surface area contributed by atoms with Gasteiger partial charge < -0.3 is 29.6 Å². The summed E-state index contributed by atoms with van der Waals surface area (Å²) >= 11 is 7.97. The fourth-order valence-electron chi connectivity index (χ4n) is 3.85. The van der Waals surface area contributed by atoms with Crippen molar-refractivity contribution < 1.29 is 23.7 Å². The smallest absolute Gasteiger partial charge is 0.260 e. The van der Waals surface area contributed by atoms with Gasteiger partial charge in [0.15, 0.2) is 28.5 Å². The van der Waals surface area contributed by atoms with Crippen molar-refractivity contribution in [2.24, 2.45) is 0 Å². The van der Waals surface area contributed by atoms with Gasteiger partial charge in [0.2, 0.25) is 6.79 Å². The van der Waals surface area contributed by atoms with Crippen LogP contribution in [0.3, 0.4) is 0 Å². The van der Waals surface area contributed by atoms with Gasteiger partial charge in [-0.15, -0.1) is 0 Å². The van der Waals surface area contributed by atoms with Crippen molar-refractivity contribution in [2.75, 3.05) is 19.2 Å². The highest BCUT2D eigenvalue weighted by molar-refractivity contribution is 8.05. The molecule has 0 spiro atoms. The quantitative estimate of drug-likeness (QED) is 0.359. The zero-order valence-electron chi connectivity index (χ0n) is 19.8. The first-order valence-corrected chi connectivity index (χ1v) is 12.7. The first kappa shape index (κ1) is 24.2. The Morgan fingerprint density at radius 3 is 2.67 bits per heavy atom. The number of hydrogen-bond donors (Lipinski definition) is 2. The van der Waals surface area contributed by atoms with Crippen LogP contribution in [-0.2, 0) is 17.8 Å². The summed E-state index contributed by atoms with van der Waals surface area (Å²) in [6.07, 6.45) is 2.77. The van der Waals surface area contributed by atoms with Crippen LogP contribution in [0.1, 0.15) is 23.6 Å². The zero-order valence-corrected chi connectivity index (χ0v) is 21.4. The third-order valence-corrected chi connectivity index (χ3v) is 7.07. The number of amides is 1. The highest BCUT2D eigenvalue weighted by atomic mass is 35.5. The molecular weight excluding hydrogens is 500 g/mol. The van der Waals surface area contributed by atoms with Crippen LogP contribution in [0.5, 0.6) is 23.0 Å². The fraction of sp³-hybridized carbons (Fsp3) is 0.222. The predicted molar refractivity (Wildman–Crippen MR) is 142 cm³/mol. The van der Waals surface area contributed by atoms with Gasteiger partial charge in [-0.3, -0.25) is 4.79 Å². The molecule has 0 saturated carbocycles. The van der Waals surface area contributed by atoms with Gasteiger partial charge in [-0.25, -0.2) is 0 Å². The molecule has 0 aromatic heterocycles. The summed E-state index contributed by atoms with van der Waals surface area (Å²) < 4.78 is 22.3. The lowest BCUT2D eigenvalue weighted by Crippen LogP contribution is -2.30. The number of benzene rings is 3. The predicted octanol–water partition coefficient (Wildman–Crippen LogP) is 5.82. The van der Waals surface area contributed by atoms with Crippen LogP contribution in [-0.4, -0.2) is 25.3 Å². The zero-order chi connectivity index (χ0) is 25.1. The monoisotopic (exact) mass is 524 g/mol. The van der Waals surface area contributed by atoms with Crippen LogP contribution >= 0.6 is 23.4 Å². The first-order valence-electron chi connectivity index (χ1n) is 11.5. The van der Waals surface area contributed by atoms with E-state index in [1.807, 2.05) is 30.3 Å². The Labute approximate surface area is 218 Å². The fourth-order valence-corrected chi connectivity index (χ4v) is 5.11. The maximum Gasteiger partial charge on any atom is 0.260 e. The van der Waals surface area contributed by atoms with Gasteiger partial charge in [0.1, 0.15) is 6.61 Å². The van der Waals surface area contributed by atoms with Gasteiger partial charge in [-0.05, 0) is 65.6 Å². The Morgan fingerprint density at radius 1 is 1.11 bits per heavy atom. The van der Waals surface area contributed by atoms with Gasteiger partial charge in [0.05, 0.1) is 17.0 Å². The van der Waals surface area contributed by atoms with E-state index in [2.05, 4.69) is 29.7 Å². The molecular formula is C27H25ClN2O5S. The second-order valence-electron chi connectivity index (χ2n) is 8.19. The minimum Gasteiger partial charge on any atom is -0.493 e. The second-order valence-corrected chi connectivity index (χ2v) is 9.74. The Kier molecular flexibility index (Phi) is 7.16. The summed E-state index contributed by atoms with van der Waals surface area (Å²) in [7, 11) is 1.55. The average Bonchev–Trinajstić information content (AvgIpc) is 3.49. The number of carbonyl (C=O) groups excluding carboxylic acids is 1. The highest BCUT2D eigenvalue weighted by Crippen LogP contribution is 2.39. The molecule has 2 aliphatic heterocycles. The summed E-state index contributed by atoms with van der Waals surface area (Å²) in [5.74, 6) is 2.16. The molecule has 0 unspecified atom stereocenters. The van der Waals surface area contributed by atoms with Crippen molar-refractivity contribution in [1.82, 2.24) is 5.32 Å². The lowest BCUT2D eigenvalue weighted by Gasteiger charge is -2.14. The molecule has 2 N–H and O–H groups in total. The van der Waals surface area contributed by atoms with Crippen molar-refractivity contribution in [3.8, 4) is 23.0 Å². The molecule has 36 heavy (non-hydrogen) atoms. The average molecular weight is 525 g/mol. The third kappa shape index (κ3) is 5.34. The lowest BCUT2D eigenvalue weighted by atomic mass is 10.1. The molecule has 2 aliphatic rings. The van der Waals surface area contributed by atoms with Crippen molar-refractivity contribution in [3.63, 3.8) is 0 Å². The number of thioether (sulfide) groups is 1. The van der Waals surface area contributed by atoms with Crippen molar-refractivity contribution in [2.45, 2.75) is 25.4 Å².